The molecule has 1 atom stereocenters. The second-order valence-electron chi connectivity index (χ2n) is 3.25. The number of carbonyl (C=O) groups excluding carboxylic acids is 1. The number of carbonyl (C=O) groups is 2. The van der Waals surface area contributed by atoms with Gasteiger partial charge in [0.1, 0.15) is 11.6 Å². The summed E-state index contributed by atoms with van der Waals surface area (Å²) in [4.78, 5) is 21.7. The molecule has 5 nitrogen and oxygen atoms in total. The fourth-order valence-corrected chi connectivity index (χ4v) is 0.525. The normalized spacial score (nSPS) is 13.5. The Balaban J connectivity index is 4.23. The van der Waals surface area contributed by atoms with Crippen LogP contribution in [0.3, 0.4) is 0 Å². The maximum absolute atomic E-state index is 11.3. The summed E-state index contributed by atoms with van der Waals surface area (Å²) < 4.78 is 4.88. The Bertz CT molecular complexity index is 212. The summed E-state index contributed by atoms with van der Waals surface area (Å²) in [5, 5.41) is 10.8. The maximum Gasteiger partial charge on any atom is 0.325 e. The molecule has 0 saturated heterocycles. The summed E-state index contributed by atoms with van der Waals surface area (Å²) in [6, 6.07) is -0.901. The number of amides is 1. The Morgan fingerprint density at radius 1 is 1.46 bits per heavy atom. The number of methoxy groups -OCH3 is 1. The Morgan fingerprint density at radius 3 is 2.23 bits per heavy atom. The molecule has 0 aliphatic carbocycles. The summed E-state index contributed by atoms with van der Waals surface area (Å²) in [5.74, 6) is -1.51. The number of aliphatic carboxylic acids is 1. The van der Waals surface area contributed by atoms with Gasteiger partial charge < -0.3 is 15.2 Å². The number of rotatable bonds is 4. The van der Waals surface area contributed by atoms with Gasteiger partial charge in [0.25, 0.3) is 5.91 Å². The van der Waals surface area contributed by atoms with Gasteiger partial charge in [-0.05, 0) is 20.8 Å². The van der Waals surface area contributed by atoms with Gasteiger partial charge in [-0.15, -0.1) is 0 Å². The maximum atomic E-state index is 11.3. The third kappa shape index (κ3) is 3.42. The Morgan fingerprint density at radius 2 is 1.92 bits per heavy atom. The second-order valence-corrected chi connectivity index (χ2v) is 3.25. The lowest BCUT2D eigenvalue weighted by atomic mass is 10.1. The van der Waals surface area contributed by atoms with E-state index in [1.807, 2.05) is 0 Å². The van der Waals surface area contributed by atoms with Crippen LogP contribution in [0.1, 0.15) is 20.8 Å². The lowest BCUT2D eigenvalue weighted by molar-refractivity contribution is -0.146. The van der Waals surface area contributed by atoms with E-state index in [-0.39, 0.29) is 0 Å². The minimum atomic E-state index is -1.07. The van der Waals surface area contributed by atoms with Gasteiger partial charge in [0.2, 0.25) is 0 Å². The van der Waals surface area contributed by atoms with Crippen LogP contribution in [0, 0.1) is 0 Å². The van der Waals surface area contributed by atoms with Crippen LogP contribution in [0.15, 0.2) is 0 Å². The summed E-state index contributed by atoms with van der Waals surface area (Å²) >= 11 is 0. The fraction of sp³-hybridized carbons (Fsp3) is 0.750. The van der Waals surface area contributed by atoms with E-state index >= 15 is 0 Å². The minimum absolute atomic E-state index is 0.440. The molecule has 0 heterocycles. The molecular weight excluding hydrogens is 174 g/mol. The third-order valence-corrected chi connectivity index (χ3v) is 1.78. The molecule has 0 aliphatic heterocycles. The van der Waals surface area contributed by atoms with Gasteiger partial charge in [-0.25, -0.2) is 0 Å². The summed E-state index contributed by atoms with van der Waals surface area (Å²) in [6.07, 6.45) is 0. The largest absolute Gasteiger partial charge is 0.480 e. The van der Waals surface area contributed by atoms with E-state index in [0.717, 1.165) is 0 Å². The Kier molecular flexibility index (Phi) is 3.87. The van der Waals surface area contributed by atoms with Gasteiger partial charge in [0.15, 0.2) is 0 Å². The highest BCUT2D eigenvalue weighted by atomic mass is 16.5. The van der Waals surface area contributed by atoms with E-state index in [1.165, 1.54) is 14.0 Å². The standard InChI is InChI=1S/C8H15NO4/c1-5(6(10)11)9-7(12)8(2,3)13-4/h5H,1-4H3,(H,9,12)(H,10,11)/t5-/m1/s1. The predicted molar refractivity (Wildman–Crippen MR) is 46.3 cm³/mol. The van der Waals surface area contributed by atoms with E-state index in [2.05, 4.69) is 5.32 Å². The monoisotopic (exact) mass is 189 g/mol. The molecule has 0 radical (unpaired) electrons. The first-order valence-corrected chi connectivity index (χ1v) is 3.90. The molecule has 0 aliphatic rings. The minimum Gasteiger partial charge on any atom is -0.480 e. The van der Waals surface area contributed by atoms with Crippen LogP contribution in [-0.2, 0) is 14.3 Å². The second kappa shape index (κ2) is 4.23. The molecular formula is C8H15NO4. The molecule has 0 spiro atoms. The van der Waals surface area contributed by atoms with E-state index < -0.39 is 23.5 Å². The topological polar surface area (TPSA) is 75.6 Å². The molecule has 5 heteroatoms. The van der Waals surface area contributed by atoms with Gasteiger partial charge in [-0.1, -0.05) is 0 Å². The van der Waals surface area contributed by atoms with Crippen molar-refractivity contribution in [1.29, 1.82) is 0 Å². The summed E-state index contributed by atoms with van der Waals surface area (Å²) in [6.45, 7) is 4.53. The molecule has 0 aromatic rings. The zero-order chi connectivity index (χ0) is 10.6. The van der Waals surface area contributed by atoms with Crippen molar-refractivity contribution in [3.8, 4) is 0 Å². The number of hydrogen-bond donors (Lipinski definition) is 2. The SMILES string of the molecule is COC(C)(C)C(=O)N[C@H](C)C(=O)O. The van der Waals surface area contributed by atoms with Gasteiger partial charge in [-0.2, -0.15) is 0 Å². The molecule has 0 aromatic heterocycles. The van der Waals surface area contributed by atoms with Crippen molar-refractivity contribution in [3.05, 3.63) is 0 Å². The number of hydrogen-bond acceptors (Lipinski definition) is 3. The van der Waals surface area contributed by atoms with Crippen LogP contribution in [0.25, 0.3) is 0 Å². The van der Waals surface area contributed by atoms with Crippen LogP contribution >= 0.6 is 0 Å². The molecule has 2 N–H and O–H groups in total. The molecule has 0 fully saturated rings. The highest BCUT2D eigenvalue weighted by Crippen LogP contribution is 2.07. The highest BCUT2D eigenvalue weighted by molar-refractivity contribution is 5.88. The van der Waals surface area contributed by atoms with Crippen LogP contribution in [-0.4, -0.2) is 35.7 Å². The molecule has 0 saturated carbocycles. The molecule has 13 heavy (non-hydrogen) atoms. The number of ether oxygens (including phenoxy) is 1. The van der Waals surface area contributed by atoms with Crippen molar-refractivity contribution in [3.63, 3.8) is 0 Å². The van der Waals surface area contributed by atoms with Crippen LogP contribution in [0.2, 0.25) is 0 Å². The first-order chi connectivity index (χ1) is 5.81. The first kappa shape index (κ1) is 11.9. The third-order valence-electron chi connectivity index (χ3n) is 1.78. The van der Waals surface area contributed by atoms with Gasteiger partial charge in [-0.3, -0.25) is 9.59 Å². The number of nitrogens with one attached hydrogen (secondary N) is 1. The van der Waals surface area contributed by atoms with E-state index in [4.69, 9.17) is 9.84 Å². The zero-order valence-electron chi connectivity index (χ0n) is 8.25. The van der Waals surface area contributed by atoms with Crippen molar-refractivity contribution in [2.45, 2.75) is 32.4 Å². The molecule has 1 amide bonds. The van der Waals surface area contributed by atoms with Crippen molar-refractivity contribution < 1.29 is 19.4 Å². The average Bonchev–Trinajstić information content (AvgIpc) is 2.04. The van der Waals surface area contributed by atoms with E-state index in [1.54, 1.807) is 13.8 Å². The smallest absolute Gasteiger partial charge is 0.325 e. The fourth-order valence-electron chi connectivity index (χ4n) is 0.525. The summed E-state index contributed by atoms with van der Waals surface area (Å²) in [7, 11) is 1.39. The first-order valence-electron chi connectivity index (χ1n) is 3.90. The van der Waals surface area contributed by atoms with Crippen LogP contribution < -0.4 is 5.32 Å². The van der Waals surface area contributed by atoms with Gasteiger partial charge >= 0.3 is 5.97 Å². The number of carboxylic acid groups (broad SMARTS) is 1. The van der Waals surface area contributed by atoms with Crippen LogP contribution in [0.4, 0.5) is 0 Å². The quantitative estimate of drug-likeness (QED) is 0.652. The number of carboxylic acids is 1. The Labute approximate surface area is 77.1 Å². The van der Waals surface area contributed by atoms with E-state index in [0.29, 0.717) is 0 Å². The summed E-state index contributed by atoms with van der Waals surface area (Å²) in [5.41, 5.74) is -0.996. The average molecular weight is 189 g/mol. The van der Waals surface area contributed by atoms with Crippen molar-refractivity contribution in [2.24, 2.45) is 0 Å². The lowest BCUT2D eigenvalue weighted by Crippen LogP contribution is -2.49. The predicted octanol–water partition coefficient (Wildman–Crippen LogP) is 0.000700. The van der Waals surface area contributed by atoms with Gasteiger partial charge in [0, 0.05) is 7.11 Å². The molecule has 0 unspecified atom stereocenters. The van der Waals surface area contributed by atoms with E-state index in [9.17, 15) is 9.59 Å². The molecule has 0 rings (SSSR count). The lowest BCUT2D eigenvalue weighted by Gasteiger charge is -2.22. The molecule has 0 bridgehead atoms. The van der Waals surface area contributed by atoms with Crippen molar-refractivity contribution in [1.82, 2.24) is 5.32 Å². The highest BCUT2D eigenvalue weighted by Gasteiger charge is 2.29. The Hall–Kier alpha value is -1.10. The molecule has 76 valence electrons. The van der Waals surface area contributed by atoms with Gasteiger partial charge in [0.05, 0.1) is 0 Å². The molecule has 0 aromatic carbocycles. The van der Waals surface area contributed by atoms with Crippen LogP contribution in [0.5, 0.6) is 0 Å². The zero-order valence-corrected chi connectivity index (χ0v) is 8.25. The van der Waals surface area contributed by atoms with Crippen molar-refractivity contribution in [2.75, 3.05) is 7.11 Å². The van der Waals surface area contributed by atoms with Crippen molar-refractivity contribution >= 4 is 11.9 Å².